The molecule has 1 aliphatic heterocycles. The average Bonchev–Trinajstić information content (AvgIpc) is 2.72. The van der Waals surface area contributed by atoms with E-state index in [2.05, 4.69) is 11.9 Å². The second-order valence-corrected chi connectivity index (χ2v) is 7.24. The molecule has 0 spiro atoms. The molecule has 0 radical (unpaired) electrons. The zero-order valence-corrected chi connectivity index (χ0v) is 17.2. The number of benzene rings is 2. The molecule has 0 bridgehead atoms. The van der Waals surface area contributed by atoms with Crippen molar-refractivity contribution >= 4 is 23.4 Å². The summed E-state index contributed by atoms with van der Waals surface area (Å²) >= 11 is 0. The molecule has 0 aromatic heterocycles. The Bertz CT molecular complexity index is 1030. The Balaban J connectivity index is 1.81. The lowest BCUT2D eigenvalue weighted by Gasteiger charge is -2.34. The Kier molecular flexibility index (Phi) is 6.53. The van der Waals surface area contributed by atoms with Crippen LogP contribution in [0.3, 0.4) is 0 Å². The number of halogens is 3. The molecule has 9 heteroatoms. The minimum atomic E-state index is -1.28. The van der Waals surface area contributed by atoms with Gasteiger partial charge in [0.1, 0.15) is 5.82 Å². The fourth-order valence-electron chi connectivity index (χ4n) is 3.18. The SMILES string of the molecule is C=C(C)OC(=O)N1CCN(C(=O)c2ccc(F)c(F)c2Nc2ccc(C)cc2F)CC1. The number of hydrogen-bond acceptors (Lipinski definition) is 4. The lowest BCUT2D eigenvalue weighted by molar-refractivity contribution is 0.0608. The molecule has 0 saturated carbocycles. The molecule has 2 aromatic rings. The minimum absolute atomic E-state index is 0.0866. The number of carbonyl (C=O) groups excluding carboxylic acids is 2. The highest BCUT2D eigenvalue weighted by Crippen LogP contribution is 2.29. The zero-order valence-electron chi connectivity index (χ0n) is 17.2. The van der Waals surface area contributed by atoms with Crippen molar-refractivity contribution in [2.45, 2.75) is 13.8 Å². The van der Waals surface area contributed by atoms with E-state index < -0.39 is 35.1 Å². The van der Waals surface area contributed by atoms with Crippen molar-refractivity contribution in [2.75, 3.05) is 31.5 Å². The number of allylic oxidation sites excluding steroid dienone is 1. The number of aryl methyl sites for hydroxylation is 1. The van der Waals surface area contributed by atoms with Crippen LogP contribution in [0.5, 0.6) is 0 Å². The van der Waals surface area contributed by atoms with Gasteiger partial charge in [0.25, 0.3) is 5.91 Å². The summed E-state index contributed by atoms with van der Waals surface area (Å²) in [6, 6.07) is 6.23. The van der Waals surface area contributed by atoms with E-state index in [0.29, 0.717) is 5.56 Å². The van der Waals surface area contributed by atoms with Crippen LogP contribution in [0.2, 0.25) is 0 Å². The largest absolute Gasteiger partial charge is 0.416 e. The number of nitrogens with one attached hydrogen (secondary N) is 1. The van der Waals surface area contributed by atoms with Gasteiger partial charge in [-0.15, -0.1) is 0 Å². The standard InChI is InChI=1S/C22H22F3N3O3/c1-13(2)31-22(30)28-10-8-27(9-11-28)21(29)15-5-6-16(23)19(25)20(15)26-18-7-4-14(3)12-17(18)24/h4-7,12,26H,1,8-11H2,2-3H3. The predicted octanol–water partition coefficient (Wildman–Crippen LogP) is 4.58. The fraction of sp³-hybridized carbons (Fsp3) is 0.273. The number of carbonyl (C=O) groups is 2. The van der Waals surface area contributed by atoms with Crippen molar-refractivity contribution < 1.29 is 27.5 Å². The summed E-state index contributed by atoms with van der Waals surface area (Å²) in [6.45, 7) is 7.49. The molecule has 31 heavy (non-hydrogen) atoms. The molecule has 2 aromatic carbocycles. The molecule has 1 N–H and O–H groups in total. The van der Waals surface area contributed by atoms with Gasteiger partial charge in [-0.3, -0.25) is 4.79 Å². The van der Waals surface area contributed by atoms with Crippen molar-refractivity contribution in [3.8, 4) is 0 Å². The van der Waals surface area contributed by atoms with Gasteiger partial charge >= 0.3 is 6.09 Å². The van der Waals surface area contributed by atoms with Crippen LogP contribution in [0.1, 0.15) is 22.8 Å². The molecule has 2 amide bonds. The highest BCUT2D eigenvalue weighted by atomic mass is 19.2. The molecule has 0 atom stereocenters. The second kappa shape index (κ2) is 9.11. The Morgan fingerprint density at radius 3 is 2.26 bits per heavy atom. The van der Waals surface area contributed by atoms with Gasteiger partial charge in [0.2, 0.25) is 0 Å². The molecule has 3 rings (SSSR count). The van der Waals surface area contributed by atoms with E-state index in [-0.39, 0.29) is 43.2 Å². The lowest BCUT2D eigenvalue weighted by atomic mass is 10.1. The number of nitrogens with zero attached hydrogens (tertiary/aromatic N) is 2. The number of ether oxygens (including phenoxy) is 1. The van der Waals surface area contributed by atoms with Gasteiger partial charge in [0, 0.05) is 26.2 Å². The van der Waals surface area contributed by atoms with Crippen molar-refractivity contribution in [2.24, 2.45) is 0 Å². The monoisotopic (exact) mass is 433 g/mol. The van der Waals surface area contributed by atoms with Crippen LogP contribution >= 0.6 is 0 Å². The van der Waals surface area contributed by atoms with Crippen molar-refractivity contribution in [1.82, 2.24) is 9.80 Å². The number of piperazine rings is 1. The first kappa shape index (κ1) is 22.2. The first-order chi connectivity index (χ1) is 14.7. The van der Waals surface area contributed by atoms with Gasteiger partial charge in [-0.25, -0.2) is 18.0 Å². The van der Waals surface area contributed by atoms with E-state index in [1.54, 1.807) is 19.9 Å². The molecule has 0 unspecified atom stereocenters. The summed E-state index contributed by atoms with van der Waals surface area (Å²) < 4.78 is 47.6. The zero-order chi connectivity index (χ0) is 22.7. The van der Waals surface area contributed by atoms with E-state index in [4.69, 9.17) is 4.74 Å². The lowest BCUT2D eigenvalue weighted by Crippen LogP contribution is -2.50. The van der Waals surface area contributed by atoms with Crippen LogP contribution in [-0.4, -0.2) is 48.0 Å². The molecular weight excluding hydrogens is 411 g/mol. The maximum atomic E-state index is 14.6. The predicted molar refractivity (Wildman–Crippen MR) is 110 cm³/mol. The molecular formula is C22H22F3N3O3. The summed E-state index contributed by atoms with van der Waals surface area (Å²) in [5.74, 6) is -3.42. The minimum Gasteiger partial charge on any atom is -0.416 e. The molecule has 1 fully saturated rings. The van der Waals surface area contributed by atoms with Crippen LogP contribution < -0.4 is 5.32 Å². The Hall–Kier alpha value is -3.49. The number of hydrogen-bond donors (Lipinski definition) is 1. The number of rotatable bonds is 4. The van der Waals surface area contributed by atoms with Gasteiger partial charge < -0.3 is 19.9 Å². The fourth-order valence-corrected chi connectivity index (χ4v) is 3.18. The molecule has 6 nitrogen and oxygen atoms in total. The van der Waals surface area contributed by atoms with E-state index >= 15 is 0 Å². The Morgan fingerprint density at radius 2 is 1.65 bits per heavy atom. The maximum absolute atomic E-state index is 14.6. The summed E-state index contributed by atoms with van der Waals surface area (Å²) in [4.78, 5) is 27.8. The van der Waals surface area contributed by atoms with Crippen LogP contribution in [-0.2, 0) is 4.74 Å². The van der Waals surface area contributed by atoms with Crippen LogP contribution in [0, 0.1) is 24.4 Å². The average molecular weight is 433 g/mol. The van der Waals surface area contributed by atoms with Gasteiger partial charge in [0.15, 0.2) is 11.6 Å². The van der Waals surface area contributed by atoms with Crippen LogP contribution in [0.25, 0.3) is 0 Å². The Labute approximate surface area is 177 Å². The van der Waals surface area contributed by atoms with E-state index in [1.165, 1.54) is 21.9 Å². The summed E-state index contributed by atoms with van der Waals surface area (Å²) in [7, 11) is 0. The van der Waals surface area contributed by atoms with Gasteiger partial charge in [-0.2, -0.15) is 0 Å². The normalized spacial score (nSPS) is 13.7. The first-order valence-electron chi connectivity index (χ1n) is 9.60. The number of amides is 2. The third kappa shape index (κ3) is 4.99. The van der Waals surface area contributed by atoms with Crippen molar-refractivity contribution in [1.29, 1.82) is 0 Å². The van der Waals surface area contributed by atoms with Gasteiger partial charge in [0.05, 0.1) is 22.7 Å². The quantitative estimate of drug-likeness (QED) is 0.717. The van der Waals surface area contributed by atoms with Gasteiger partial charge in [-0.05, 0) is 43.7 Å². The highest BCUT2D eigenvalue weighted by molar-refractivity contribution is 6.00. The maximum Gasteiger partial charge on any atom is 0.414 e. The molecule has 1 heterocycles. The van der Waals surface area contributed by atoms with Gasteiger partial charge in [-0.1, -0.05) is 12.6 Å². The topological polar surface area (TPSA) is 61.9 Å². The molecule has 0 aliphatic carbocycles. The second-order valence-electron chi connectivity index (χ2n) is 7.24. The van der Waals surface area contributed by atoms with E-state index in [0.717, 1.165) is 12.1 Å². The highest BCUT2D eigenvalue weighted by Gasteiger charge is 2.28. The Morgan fingerprint density at radius 1 is 1.00 bits per heavy atom. The van der Waals surface area contributed by atoms with Crippen molar-refractivity contribution in [3.05, 3.63) is 71.2 Å². The summed E-state index contributed by atoms with van der Waals surface area (Å²) in [6.07, 6.45) is -0.565. The molecule has 1 aliphatic rings. The number of anilines is 2. The smallest absolute Gasteiger partial charge is 0.414 e. The third-order valence-corrected chi connectivity index (χ3v) is 4.80. The summed E-state index contributed by atoms with van der Waals surface area (Å²) in [5, 5.41) is 2.51. The van der Waals surface area contributed by atoms with E-state index in [9.17, 15) is 22.8 Å². The molecule has 1 saturated heterocycles. The molecule has 164 valence electrons. The first-order valence-corrected chi connectivity index (χ1v) is 9.60. The van der Waals surface area contributed by atoms with Crippen LogP contribution in [0.15, 0.2) is 42.7 Å². The van der Waals surface area contributed by atoms with E-state index in [1.807, 2.05) is 0 Å². The summed E-state index contributed by atoms with van der Waals surface area (Å²) in [5.41, 5.74) is -0.0210. The van der Waals surface area contributed by atoms with Crippen LogP contribution in [0.4, 0.5) is 29.3 Å². The van der Waals surface area contributed by atoms with Crippen molar-refractivity contribution in [3.63, 3.8) is 0 Å². The third-order valence-electron chi connectivity index (χ3n) is 4.80.